The second-order valence-electron chi connectivity index (χ2n) is 4.36. The van der Waals surface area contributed by atoms with E-state index in [-0.39, 0.29) is 11.6 Å². The zero-order valence-electron chi connectivity index (χ0n) is 11.3. The van der Waals surface area contributed by atoms with E-state index in [1.807, 2.05) is 24.3 Å². The van der Waals surface area contributed by atoms with Gasteiger partial charge in [0.2, 0.25) is 0 Å². The minimum atomic E-state index is -0.347. The molecule has 0 radical (unpaired) electrons. The fourth-order valence-electron chi connectivity index (χ4n) is 1.89. The van der Waals surface area contributed by atoms with Crippen LogP contribution in [0.1, 0.15) is 22.8 Å². The molecule has 0 fully saturated rings. The lowest BCUT2D eigenvalue weighted by Gasteiger charge is -2.06. The monoisotopic (exact) mass is 269 g/mol. The Bertz CT molecular complexity index is 617. The van der Waals surface area contributed by atoms with Gasteiger partial charge in [-0.15, -0.1) is 0 Å². The van der Waals surface area contributed by atoms with E-state index >= 15 is 0 Å². The molecule has 0 bridgehead atoms. The van der Waals surface area contributed by atoms with Gasteiger partial charge in [0, 0.05) is 23.5 Å². The number of carbonyl (C=O) groups excluding carboxylic acids is 1. The molecule has 0 amide bonds. The molecule has 0 aliphatic heterocycles. The van der Waals surface area contributed by atoms with Crippen molar-refractivity contribution in [2.24, 2.45) is 0 Å². The molecule has 20 heavy (non-hydrogen) atoms. The van der Waals surface area contributed by atoms with Crippen molar-refractivity contribution in [3.05, 3.63) is 77.8 Å². The van der Waals surface area contributed by atoms with Gasteiger partial charge in [-0.25, -0.2) is 4.39 Å². The molecule has 1 N–H and O–H groups in total. The summed E-state index contributed by atoms with van der Waals surface area (Å²) >= 11 is 0. The number of nitrogens with one attached hydrogen (secondary N) is 1. The first-order valence-electron chi connectivity index (χ1n) is 6.51. The number of aryl methyl sites for hydroxylation is 1. The number of carbonyl (C=O) groups is 1. The van der Waals surface area contributed by atoms with E-state index in [0.717, 1.165) is 12.1 Å². The van der Waals surface area contributed by atoms with Crippen LogP contribution in [-0.4, -0.2) is 5.78 Å². The van der Waals surface area contributed by atoms with Gasteiger partial charge in [-0.3, -0.25) is 4.79 Å². The van der Waals surface area contributed by atoms with Crippen molar-refractivity contribution in [1.29, 1.82) is 0 Å². The summed E-state index contributed by atoms with van der Waals surface area (Å²) in [4.78, 5) is 11.9. The number of halogens is 1. The summed E-state index contributed by atoms with van der Waals surface area (Å²) in [6.45, 7) is 2.08. The molecule has 0 aromatic heterocycles. The Morgan fingerprint density at radius 3 is 2.55 bits per heavy atom. The van der Waals surface area contributed by atoms with Gasteiger partial charge < -0.3 is 5.32 Å². The molecule has 0 aliphatic carbocycles. The van der Waals surface area contributed by atoms with Crippen LogP contribution >= 0.6 is 0 Å². The lowest BCUT2D eigenvalue weighted by molar-refractivity contribution is 0.104. The Hall–Kier alpha value is -2.42. The average molecular weight is 269 g/mol. The Kier molecular flexibility index (Phi) is 4.66. The zero-order valence-corrected chi connectivity index (χ0v) is 11.3. The molecule has 102 valence electrons. The first-order chi connectivity index (χ1) is 9.70. The van der Waals surface area contributed by atoms with Crippen LogP contribution < -0.4 is 5.32 Å². The number of allylic oxidation sites excluding steroid dienone is 1. The fourth-order valence-corrected chi connectivity index (χ4v) is 1.89. The first-order valence-corrected chi connectivity index (χ1v) is 6.51. The molecule has 0 atom stereocenters. The predicted molar refractivity (Wildman–Crippen MR) is 79.3 cm³/mol. The van der Waals surface area contributed by atoms with Crippen LogP contribution in [0.25, 0.3) is 0 Å². The molecule has 0 saturated heterocycles. The van der Waals surface area contributed by atoms with Crippen LogP contribution in [0.2, 0.25) is 0 Å². The van der Waals surface area contributed by atoms with Gasteiger partial charge in [-0.1, -0.05) is 25.1 Å². The normalized spacial score (nSPS) is 10.7. The topological polar surface area (TPSA) is 29.1 Å². The van der Waals surface area contributed by atoms with Crippen LogP contribution in [-0.2, 0) is 6.42 Å². The Balaban J connectivity index is 2.03. The van der Waals surface area contributed by atoms with Gasteiger partial charge in [0.15, 0.2) is 5.78 Å². The van der Waals surface area contributed by atoms with E-state index in [9.17, 15) is 9.18 Å². The van der Waals surface area contributed by atoms with E-state index in [0.29, 0.717) is 5.56 Å². The van der Waals surface area contributed by atoms with Crippen LogP contribution in [0.5, 0.6) is 0 Å². The highest BCUT2D eigenvalue weighted by Crippen LogP contribution is 2.15. The quantitative estimate of drug-likeness (QED) is 0.651. The summed E-state index contributed by atoms with van der Waals surface area (Å²) < 4.78 is 12.8. The molecule has 0 saturated carbocycles. The molecule has 3 heteroatoms. The molecule has 0 spiro atoms. The standard InChI is InChI=1S/C17H16FNO/c1-2-13-5-3-4-6-16(13)19-12-11-17(20)14-7-9-15(18)10-8-14/h3-12,19H,2H2,1H3/b12-11+. The first kappa shape index (κ1) is 14.0. The van der Waals surface area contributed by atoms with Gasteiger partial charge in [-0.05, 0) is 42.3 Å². The molecule has 0 unspecified atom stereocenters. The van der Waals surface area contributed by atoms with Gasteiger partial charge in [0.25, 0.3) is 0 Å². The summed E-state index contributed by atoms with van der Waals surface area (Å²) in [6.07, 6.45) is 3.97. The number of para-hydroxylation sites is 1. The van der Waals surface area contributed by atoms with Crippen LogP contribution in [0.3, 0.4) is 0 Å². The Morgan fingerprint density at radius 2 is 1.85 bits per heavy atom. The van der Waals surface area contributed by atoms with Gasteiger partial charge in [-0.2, -0.15) is 0 Å². The van der Waals surface area contributed by atoms with Crippen molar-refractivity contribution in [2.45, 2.75) is 13.3 Å². The number of rotatable bonds is 5. The third kappa shape index (κ3) is 3.54. The highest BCUT2D eigenvalue weighted by atomic mass is 19.1. The number of anilines is 1. The van der Waals surface area contributed by atoms with Crippen molar-refractivity contribution in [3.8, 4) is 0 Å². The van der Waals surface area contributed by atoms with E-state index in [2.05, 4.69) is 12.2 Å². The molecule has 0 heterocycles. The lowest BCUT2D eigenvalue weighted by Crippen LogP contribution is -1.97. The maximum Gasteiger partial charge on any atom is 0.187 e. The second kappa shape index (κ2) is 6.66. The lowest BCUT2D eigenvalue weighted by atomic mass is 10.1. The molecular weight excluding hydrogens is 253 g/mol. The Labute approximate surface area is 118 Å². The van der Waals surface area contributed by atoms with Crippen LogP contribution in [0.15, 0.2) is 60.8 Å². The highest BCUT2D eigenvalue weighted by Gasteiger charge is 2.01. The van der Waals surface area contributed by atoms with E-state index < -0.39 is 0 Å². The summed E-state index contributed by atoms with van der Waals surface area (Å²) in [5.41, 5.74) is 2.64. The number of benzene rings is 2. The van der Waals surface area contributed by atoms with Gasteiger partial charge >= 0.3 is 0 Å². The maximum atomic E-state index is 12.8. The minimum absolute atomic E-state index is 0.161. The van der Waals surface area contributed by atoms with Crippen molar-refractivity contribution in [2.75, 3.05) is 5.32 Å². The molecule has 2 nitrogen and oxygen atoms in total. The summed E-state index contributed by atoms with van der Waals surface area (Å²) in [7, 11) is 0. The number of hydrogen-bond acceptors (Lipinski definition) is 2. The second-order valence-corrected chi connectivity index (χ2v) is 4.36. The molecular formula is C17H16FNO. The smallest absolute Gasteiger partial charge is 0.187 e. The van der Waals surface area contributed by atoms with Crippen molar-refractivity contribution < 1.29 is 9.18 Å². The van der Waals surface area contributed by atoms with Crippen LogP contribution in [0, 0.1) is 5.82 Å². The predicted octanol–water partition coefficient (Wildman–Crippen LogP) is 4.20. The van der Waals surface area contributed by atoms with E-state index in [1.54, 1.807) is 6.20 Å². The highest BCUT2D eigenvalue weighted by molar-refractivity contribution is 6.04. The van der Waals surface area contributed by atoms with Crippen molar-refractivity contribution >= 4 is 11.5 Å². The minimum Gasteiger partial charge on any atom is -0.361 e. The number of hydrogen-bond donors (Lipinski definition) is 1. The summed E-state index contributed by atoms with van der Waals surface area (Å²) in [5.74, 6) is -0.507. The maximum absolute atomic E-state index is 12.8. The average Bonchev–Trinajstić information content (AvgIpc) is 2.48. The van der Waals surface area contributed by atoms with E-state index in [1.165, 1.54) is 35.9 Å². The summed E-state index contributed by atoms with van der Waals surface area (Å²) in [6, 6.07) is 13.4. The third-order valence-corrected chi connectivity index (χ3v) is 3.00. The van der Waals surface area contributed by atoms with Gasteiger partial charge in [0.1, 0.15) is 5.82 Å². The van der Waals surface area contributed by atoms with Gasteiger partial charge in [0.05, 0.1) is 0 Å². The number of ketones is 1. The van der Waals surface area contributed by atoms with Crippen LogP contribution in [0.4, 0.5) is 10.1 Å². The molecule has 2 aromatic carbocycles. The largest absolute Gasteiger partial charge is 0.361 e. The molecule has 2 aromatic rings. The zero-order chi connectivity index (χ0) is 14.4. The molecule has 0 aliphatic rings. The fraction of sp³-hybridized carbons (Fsp3) is 0.118. The Morgan fingerprint density at radius 1 is 1.15 bits per heavy atom. The SMILES string of the molecule is CCc1ccccc1N/C=C/C(=O)c1ccc(F)cc1. The van der Waals surface area contributed by atoms with E-state index in [4.69, 9.17) is 0 Å². The van der Waals surface area contributed by atoms with Crippen molar-refractivity contribution in [1.82, 2.24) is 0 Å². The molecule has 2 rings (SSSR count). The van der Waals surface area contributed by atoms with Crippen molar-refractivity contribution in [3.63, 3.8) is 0 Å². The summed E-state index contributed by atoms with van der Waals surface area (Å²) in [5, 5.41) is 3.10. The third-order valence-electron chi connectivity index (χ3n) is 3.00.